The molecule has 1 fully saturated rings. The van der Waals surface area contributed by atoms with E-state index in [0.717, 1.165) is 11.3 Å². The molecule has 27 heavy (non-hydrogen) atoms. The molecule has 8 nitrogen and oxygen atoms in total. The summed E-state index contributed by atoms with van der Waals surface area (Å²) in [6.07, 6.45) is 0.834. The van der Waals surface area contributed by atoms with Gasteiger partial charge >= 0.3 is 6.03 Å². The van der Waals surface area contributed by atoms with Gasteiger partial charge < -0.3 is 20.1 Å². The quantitative estimate of drug-likeness (QED) is 0.733. The predicted octanol–water partition coefficient (Wildman–Crippen LogP) is 1.39. The number of carbonyl (C=O) groups excluding carboxylic acids is 3. The molecule has 1 saturated heterocycles. The highest BCUT2D eigenvalue weighted by atomic mass is 16.6. The number of nitrogens with one attached hydrogen (secondary N) is 2. The van der Waals surface area contributed by atoms with Gasteiger partial charge in [-0.05, 0) is 37.0 Å². The fraction of sp³-hybridized carbons (Fsp3) is 0.526. The Kier molecular flexibility index (Phi) is 5.25. The Morgan fingerprint density at radius 3 is 2.67 bits per heavy atom. The van der Waals surface area contributed by atoms with Gasteiger partial charge in [0.05, 0.1) is 0 Å². The molecule has 2 N–H and O–H groups in total. The number of benzene rings is 1. The summed E-state index contributed by atoms with van der Waals surface area (Å²) in [7, 11) is 0. The average molecular weight is 375 g/mol. The SMILES string of the molecule is CC(C)CCNC(=O)CN1C(=O)N[C@@](C)(c2ccc3c(c2)OCCO3)C1=O. The molecule has 1 atom stereocenters. The lowest BCUT2D eigenvalue weighted by Gasteiger charge is -2.25. The van der Waals surface area contributed by atoms with E-state index in [2.05, 4.69) is 24.5 Å². The molecular formula is C19H25N3O5. The van der Waals surface area contributed by atoms with Crippen molar-refractivity contribution in [1.82, 2.24) is 15.5 Å². The van der Waals surface area contributed by atoms with Crippen molar-refractivity contribution in [3.63, 3.8) is 0 Å². The van der Waals surface area contributed by atoms with E-state index in [1.807, 2.05) is 0 Å². The summed E-state index contributed by atoms with van der Waals surface area (Å²) in [6, 6.07) is 4.54. The Hall–Kier alpha value is -2.77. The molecule has 0 spiro atoms. The first kappa shape index (κ1) is 19.0. The van der Waals surface area contributed by atoms with Crippen LogP contribution in [0.4, 0.5) is 4.79 Å². The van der Waals surface area contributed by atoms with Gasteiger partial charge in [0, 0.05) is 6.54 Å². The van der Waals surface area contributed by atoms with E-state index < -0.39 is 17.5 Å². The number of ether oxygens (including phenoxy) is 2. The molecule has 4 amide bonds. The maximum absolute atomic E-state index is 12.9. The van der Waals surface area contributed by atoms with Crippen molar-refractivity contribution in [2.24, 2.45) is 5.92 Å². The standard InChI is InChI=1S/C19H25N3O5/c1-12(2)6-7-20-16(23)11-22-17(24)19(3,21-18(22)25)13-4-5-14-15(10-13)27-9-8-26-14/h4-5,10,12H,6-9,11H2,1-3H3,(H,20,23)(H,21,25)/t19-/m0/s1. The monoisotopic (exact) mass is 375 g/mol. The highest BCUT2D eigenvalue weighted by Crippen LogP contribution is 2.36. The van der Waals surface area contributed by atoms with Crippen molar-refractivity contribution in [1.29, 1.82) is 0 Å². The predicted molar refractivity (Wildman–Crippen MR) is 97.5 cm³/mol. The van der Waals surface area contributed by atoms with Gasteiger partial charge in [0.2, 0.25) is 5.91 Å². The number of nitrogens with zero attached hydrogens (tertiary/aromatic N) is 1. The first-order chi connectivity index (χ1) is 12.8. The lowest BCUT2D eigenvalue weighted by Crippen LogP contribution is -2.43. The molecule has 1 aromatic carbocycles. The second kappa shape index (κ2) is 7.46. The zero-order valence-electron chi connectivity index (χ0n) is 15.8. The molecule has 146 valence electrons. The van der Waals surface area contributed by atoms with Crippen LogP contribution in [-0.4, -0.2) is 49.0 Å². The molecule has 0 bridgehead atoms. The van der Waals surface area contributed by atoms with E-state index in [9.17, 15) is 14.4 Å². The molecule has 0 aromatic heterocycles. The van der Waals surface area contributed by atoms with Crippen molar-refractivity contribution < 1.29 is 23.9 Å². The van der Waals surface area contributed by atoms with E-state index in [1.54, 1.807) is 25.1 Å². The van der Waals surface area contributed by atoms with Crippen molar-refractivity contribution in [3.05, 3.63) is 23.8 Å². The zero-order chi connectivity index (χ0) is 19.6. The minimum absolute atomic E-state index is 0.303. The van der Waals surface area contributed by atoms with Crippen molar-refractivity contribution in [2.75, 3.05) is 26.3 Å². The molecule has 2 aliphatic heterocycles. The van der Waals surface area contributed by atoms with Gasteiger partial charge in [0.15, 0.2) is 11.5 Å². The average Bonchev–Trinajstić information content (AvgIpc) is 2.85. The van der Waals surface area contributed by atoms with Gasteiger partial charge in [0.1, 0.15) is 25.3 Å². The molecular weight excluding hydrogens is 350 g/mol. The van der Waals surface area contributed by atoms with Gasteiger partial charge in [-0.15, -0.1) is 0 Å². The molecule has 0 aliphatic carbocycles. The van der Waals surface area contributed by atoms with Gasteiger partial charge in [-0.1, -0.05) is 19.9 Å². The minimum atomic E-state index is -1.26. The Morgan fingerprint density at radius 1 is 1.26 bits per heavy atom. The van der Waals surface area contributed by atoms with Gasteiger partial charge in [0.25, 0.3) is 5.91 Å². The van der Waals surface area contributed by atoms with Crippen molar-refractivity contribution >= 4 is 17.8 Å². The van der Waals surface area contributed by atoms with E-state index in [1.165, 1.54) is 0 Å². The van der Waals surface area contributed by atoms with Crippen LogP contribution in [0.25, 0.3) is 0 Å². The lowest BCUT2D eigenvalue weighted by atomic mass is 9.91. The number of fused-ring (bicyclic) bond motifs is 1. The Bertz CT molecular complexity index is 764. The first-order valence-electron chi connectivity index (χ1n) is 9.12. The second-order valence-electron chi connectivity index (χ2n) is 7.34. The Balaban J connectivity index is 1.72. The molecule has 0 saturated carbocycles. The minimum Gasteiger partial charge on any atom is -0.486 e. The molecule has 0 unspecified atom stereocenters. The van der Waals surface area contributed by atoms with Crippen LogP contribution in [-0.2, 0) is 15.1 Å². The number of hydrogen-bond donors (Lipinski definition) is 2. The molecule has 0 radical (unpaired) electrons. The third kappa shape index (κ3) is 3.84. The molecule has 1 aromatic rings. The van der Waals surface area contributed by atoms with Crippen LogP contribution in [0.15, 0.2) is 18.2 Å². The number of carbonyl (C=O) groups is 3. The number of hydrogen-bond acceptors (Lipinski definition) is 5. The van der Waals surface area contributed by atoms with Gasteiger partial charge in [-0.2, -0.15) is 0 Å². The summed E-state index contributed by atoms with van der Waals surface area (Å²) >= 11 is 0. The van der Waals surface area contributed by atoms with Crippen LogP contribution in [0.5, 0.6) is 11.5 Å². The van der Waals surface area contributed by atoms with Gasteiger partial charge in [-0.3, -0.25) is 14.5 Å². The normalized spacial score (nSPS) is 21.4. The largest absolute Gasteiger partial charge is 0.486 e. The van der Waals surface area contributed by atoms with E-state index in [-0.39, 0.29) is 12.5 Å². The van der Waals surface area contributed by atoms with Crippen LogP contribution < -0.4 is 20.1 Å². The summed E-state index contributed by atoms with van der Waals surface area (Å²) < 4.78 is 11.0. The lowest BCUT2D eigenvalue weighted by molar-refractivity contribution is -0.134. The van der Waals surface area contributed by atoms with Crippen LogP contribution in [0.1, 0.15) is 32.8 Å². The molecule has 3 rings (SSSR count). The smallest absolute Gasteiger partial charge is 0.325 e. The molecule has 2 heterocycles. The zero-order valence-corrected chi connectivity index (χ0v) is 15.8. The number of urea groups is 1. The highest BCUT2D eigenvalue weighted by Gasteiger charge is 2.49. The summed E-state index contributed by atoms with van der Waals surface area (Å²) in [5.74, 6) is 0.771. The summed E-state index contributed by atoms with van der Waals surface area (Å²) in [5, 5.41) is 5.43. The van der Waals surface area contributed by atoms with Crippen LogP contribution in [0, 0.1) is 5.92 Å². The van der Waals surface area contributed by atoms with Crippen LogP contribution in [0.2, 0.25) is 0 Å². The van der Waals surface area contributed by atoms with E-state index >= 15 is 0 Å². The summed E-state index contributed by atoms with van der Waals surface area (Å²) in [5.41, 5.74) is -0.682. The maximum Gasteiger partial charge on any atom is 0.325 e. The van der Waals surface area contributed by atoms with E-state index in [0.29, 0.717) is 42.7 Å². The third-order valence-electron chi connectivity index (χ3n) is 4.74. The first-order valence-corrected chi connectivity index (χ1v) is 9.12. The summed E-state index contributed by atoms with van der Waals surface area (Å²) in [6.45, 7) is 6.84. The van der Waals surface area contributed by atoms with Crippen molar-refractivity contribution in [2.45, 2.75) is 32.7 Å². The molecule has 2 aliphatic rings. The Labute approximate surface area is 158 Å². The second-order valence-corrected chi connectivity index (χ2v) is 7.34. The third-order valence-corrected chi connectivity index (χ3v) is 4.74. The highest BCUT2D eigenvalue weighted by molar-refractivity contribution is 6.09. The van der Waals surface area contributed by atoms with Crippen molar-refractivity contribution in [3.8, 4) is 11.5 Å². The Morgan fingerprint density at radius 2 is 1.96 bits per heavy atom. The fourth-order valence-electron chi connectivity index (χ4n) is 3.09. The van der Waals surface area contributed by atoms with Crippen LogP contribution in [0.3, 0.4) is 0 Å². The number of imide groups is 1. The number of rotatable bonds is 6. The fourth-order valence-corrected chi connectivity index (χ4v) is 3.09. The molecule has 8 heteroatoms. The number of amides is 4. The van der Waals surface area contributed by atoms with E-state index in [4.69, 9.17) is 9.47 Å². The maximum atomic E-state index is 12.9. The topological polar surface area (TPSA) is 97.0 Å². The van der Waals surface area contributed by atoms with Gasteiger partial charge in [-0.25, -0.2) is 4.79 Å². The van der Waals surface area contributed by atoms with Crippen LogP contribution >= 0.6 is 0 Å². The summed E-state index contributed by atoms with van der Waals surface area (Å²) in [4.78, 5) is 38.3.